The minimum Gasteiger partial charge on any atom is -0.308 e. The molecule has 2 nitrogen and oxygen atoms in total. The van der Waals surface area contributed by atoms with Crippen molar-refractivity contribution >= 4 is 22.1 Å². The fourth-order valence-corrected chi connectivity index (χ4v) is 1.24. The maximum Gasteiger partial charge on any atom is 0.0516 e. The van der Waals surface area contributed by atoms with E-state index in [1.807, 2.05) is 30.5 Å². The maximum atomic E-state index is 4.33. The Morgan fingerprint density at radius 1 is 1.29 bits per heavy atom. The SMILES string of the molecule is CN(C)CCN=Cc1ccc(Br)cc1. The topological polar surface area (TPSA) is 15.6 Å². The van der Waals surface area contributed by atoms with E-state index in [2.05, 4.69) is 39.9 Å². The Kier molecular flexibility index (Phi) is 4.84. The molecule has 0 aromatic heterocycles. The molecule has 0 fully saturated rings. The first-order chi connectivity index (χ1) is 6.68. The largest absolute Gasteiger partial charge is 0.308 e. The molecule has 0 N–H and O–H groups in total. The standard InChI is InChI=1S/C11H15BrN2/c1-14(2)8-7-13-9-10-3-5-11(12)6-4-10/h3-6,9H,7-8H2,1-2H3. The molecule has 0 bridgehead atoms. The normalized spacial score (nSPS) is 11.4. The van der Waals surface area contributed by atoms with Crippen molar-refractivity contribution < 1.29 is 0 Å². The monoisotopic (exact) mass is 254 g/mol. The van der Waals surface area contributed by atoms with Crippen LogP contribution in [-0.4, -0.2) is 38.3 Å². The third-order valence-corrected chi connectivity index (χ3v) is 2.32. The molecule has 0 atom stereocenters. The molecule has 0 aliphatic rings. The summed E-state index contributed by atoms with van der Waals surface area (Å²) in [5, 5.41) is 0. The molecule has 0 spiro atoms. The number of hydrogen-bond donors (Lipinski definition) is 0. The molecule has 1 rings (SSSR count). The summed E-state index contributed by atoms with van der Waals surface area (Å²) in [6, 6.07) is 8.13. The van der Waals surface area contributed by atoms with Crippen molar-refractivity contribution in [1.82, 2.24) is 4.90 Å². The van der Waals surface area contributed by atoms with E-state index in [1.54, 1.807) is 0 Å². The van der Waals surface area contributed by atoms with Gasteiger partial charge in [0, 0.05) is 17.2 Å². The molecule has 0 saturated carbocycles. The highest BCUT2D eigenvalue weighted by atomic mass is 79.9. The number of aliphatic imine (C=N–C) groups is 1. The smallest absolute Gasteiger partial charge is 0.0516 e. The lowest BCUT2D eigenvalue weighted by molar-refractivity contribution is 0.421. The van der Waals surface area contributed by atoms with E-state index < -0.39 is 0 Å². The van der Waals surface area contributed by atoms with Gasteiger partial charge in [0.1, 0.15) is 0 Å². The zero-order valence-electron chi connectivity index (χ0n) is 8.57. The van der Waals surface area contributed by atoms with Crippen molar-refractivity contribution in [2.75, 3.05) is 27.2 Å². The summed E-state index contributed by atoms with van der Waals surface area (Å²) in [7, 11) is 4.10. The zero-order valence-corrected chi connectivity index (χ0v) is 10.2. The van der Waals surface area contributed by atoms with Gasteiger partial charge in [0.15, 0.2) is 0 Å². The number of nitrogens with zero attached hydrogens (tertiary/aromatic N) is 2. The Bertz CT molecular complexity index is 291. The van der Waals surface area contributed by atoms with Crippen molar-refractivity contribution in [1.29, 1.82) is 0 Å². The zero-order chi connectivity index (χ0) is 10.4. The second kappa shape index (κ2) is 5.94. The lowest BCUT2D eigenvalue weighted by Crippen LogP contribution is -2.15. The molecule has 3 heteroatoms. The first-order valence-electron chi connectivity index (χ1n) is 4.58. The second-order valence-electron chi connectivity index (χ2n) is 3.39. The van der Waals surface area contributed by atoms with Gasteiger partial charge < -0.3 is 4.90 Å². The molecule has 76 valence electrons. The van der Waals surface area contributed by atoms with Crippen LogP contribution in [0.25, 0.3) is 0 Å². The van der Waals surface area contributed by atoms with E-state index in [9.17, 15) is 0 Å². The van der Waals surface area contributed by atoms with Crippen LogP contribution in [0.15, 0.2) is 33.7 Å². The van der Waals surface area contributed by atoms with E-state index >= 15 is 0 Å². The minimum absolute atomic E-state index is 0.850. The fraction of sp³-hybridized carbons (Fsp3) is 0.364. The summed E-state index contributed by atoms with van der Waals surface area (Å²) in [6.07, 6.45) is 1.91. The summed E-state index contributed by atoms with van der Waals surface area (Å²) < 4.78 is 1.10. The number of rotatable bonds is 4. The van der Waals surface area contributed by atoms with Gasteiger partial charge in [0.25, 0.3) is 0 Å². The van der Waals surface area contributed by atoms with Gasteiger partial charge in [0.05, 0.1) is 6.54 Å². The molecular formula is C11H15BrN2. The summed E-state index contributed by atoms with van der Waals surface area (Å²) in [5.41, 5.74) is 1.15. The summed E-state index contributed by atoms with van der Waals surface area (Å²) in [4.78, 5) is 6.45. The molecular weight excluding hydrogens is 240 g/mol. The number of likely N-dealkylation sites (N-methyl/N-ethyl adjacent to an activating group) is 1. The van der Waals surface area contributed by atoms with Gasteiger partial charge in [-0.25, -0.2) is 0 Å². The van der Waals surface area contributed by atoms with Gasteiger partial charge in [0.2, 0.25) is 0 Å². The Labute approximate surface area is 93.8 Å². The van der Waals surface area contributed by atoms with E-state index in [-0.39, 0.29) is 0 Å². The van der Waals surface area contributed by atoms with Crippen LogP contribution in [0.2, 0.25) is 0 Å². The lowest BCUT2D eigenvalue weighted by Gasteiger charge is -2.05. The van der Waals surface area contributed by atoms with Crippen LogP contribution in [-0.2, 0) is 0 Å². The first kappa shape index (κ1) is 11.4. The van der Waals surface area contributed by atoms with Crippen LogP contribution in [0.1, 0.15) is 5.56 Å². The second-order valence-corrected chi connectivity index (χ2v) is 4.31. The van der Waals surface area contributed by atoms with Crippen molar-refractivity contribution in [2.24, 2.45) is 4.99 Å². The van der Waals surface area contributed by atoms with E-state index in [1.165, 1.54) is 0 Å². The predicted molar refractivity (Wildman–Crippen MR) is 65.2 cm³/mol. The lowest BCUT2D eigenvalue weighted by atomic mass is 10.2. The predicted octanol–water partition coefficient (Wildman–Crippen LogP) is 2.43. The highest BCUT2D eigenvalue weighted by Crippen LogP contribution is 2.08. The maximum absolute atomic E-state index is 4.33. The quantitative estimate of drug-likeness (QED) is 0.754. The van der Waals surface area contributed by atoms with E-state index in [0.29, 0.717) is 0 Å². The molecule has 0 heterocycles. The van der Waals surface area contributed by atoms with Crippen LogP contribution < -0.4 is 0 Å². The molecule has 14 heavy (non-hydrogen) atoms. The van der Waals surface area contributed by atoms with Gasteiger partial charge in [-0.15, -0.1) is 0 Å². The van der Waals surface area contributed by atoms with Gasteiger partial charge in [-0.3, -0.25) is 4.99 Å². The Morgan fingerprint density at radius 2 is 1.93 bits per heavy atom. The summed E-state index contributed by atoms with van der Waals surface area (Å²) in [6.45, 7) is 1.84. The average Bonchev–Trinajstić information content (AvgIpc) is 2.15. The molecule has 0 radical (unpaired) electrons. The van der Waals surface area contributed by atoms with Crippen LogP contribution in [0.3, 0.4) is 0 Å². The number of halogens is 1. The molecule has 0 aliphatic carbocycles. The van der Waals surface area contributed by atoms with Crippen molar-refractivity contribution in [3.05, 3.63) is 34.3 Å². The molecule has 1 aromatic rings. The molecule has 0 unspecified atom stereocenters. The van der Waals surface area contributed by atoms with Gasteiger partial charge in [-0.05, 0) is 31.8 Å². The van der Waals surface area contributed by atoms with Crippen LogP contribution in [0.4, 0.5) is 0 Å². The van der Waals surface area contributed by atoms with E-state index in [0.717, 1.165) is 23.1 Å². The van der Waals surface area contributed by atoms with Gasteiger partial charge >= 0.3 is 0 Å². The molecule has 0 aliphatic heterocycles. The molecule has 1 aromatic carbocycles. The van der Waals surface area contributed by atoms with Crippen LogP contribution in [0, 0.1) is 0 Å². The van der Waals surface area contributed by atoms with Crippen molar-refractivity contribution in [3.8, 4) is 0 Å². The Hall–Kier alpha value is -0.670. The average molecular weight is 255 g/mol. The minimum atomic E-state index is 0.850. The number of benzene rings is 1. The first-order valence-corrected chi connectivity index (χ1v) is 5.38. The summed E-state index contributed by atoms with van der Waals surface area (Å²) in [5.74, 6) is 0. The third kappa shape index (κ3) is 4.53. The third-order valence-electron chi connectivity index (χ3n) is 1.79. The van der Waals surface area contributed by atoms with Crippen LogP contribution >= 0.6 is 15.9 Å². The number of hydrogen-bond acceptors (Lipinski definition) is 2. The Balaban J connectivity index is 2.40. The highest BCUT2D eigenvalue weighted by molar-refractivity contribution is 9.10. The van der Waals surface area contributed by atoms with Crippen molar-refractivity contribution in [2.45, 2.75) is 0 Å². The summed E-state index contributed by atoms with van der Waals surface area (Å²) >= 11 is 3.40. The molecule has 0 saturated heterocycles. The molecule has 0 amide bonds. The Morgan fingerprint density at radius 3 is 2.50 bits per heavy atom. The van der Waals surface area contributed by atoms with Crippen molar-refractivity contribution in [3.63, 3.8) is 0 Å². The van der Waals surface area contributed by atoms with Crippen LogP contribution in [0.5, 0.6) is 0 Å². The van der Waals surface area contributed by atoms with E-state index in [4.69, 9.17) is 0 Å². The van der Waals surface area contributed by atoms with Gasteiger partial charge in [-0.2, -0.15) is 0 Å². The fourth-order valence-electron chi connectivity index (χ4n) is 0.977. The highest BCUT2D eigenvalue weighted by Gasteiger charge is 1.88. The van der Waals surface area contributed by atoms with Gasteiger partial charge in [-0.1, -0.05) is 28.1 Å².